The molecule has 0 aliphatic rings. The number of benzene rings is 2. The molecule has 2 rings (SSSR count). The number of carbonyl (C=O) groups excluding carboxylic acids is 1. The number of hydrogen-bond donors (Lipinski definition) is 0. The van der Waals surface area contributed by atoms with Gasteiger partial charge in [0.1, 0.15) is 0 Å². The van der Waals surface area contributed by atoms with Gasteiger partial charge in [0, 0.05) is 24.4 Å². The second-order valence-electron chi connectivity index (χ2n) is 5.24. The molecule has 3 nitrogen and oxygen atoms in total. The average Bonchev–Trinajstić information content (AvgIpc) is 2.49. The van der Waals surface area contributed by atoms with E-state index in [0.29, 0.717) is 12.2 Å². The van der Waals surface area contributed by atoms with Crippen molar-refractivity contribution in [2.45, 2.75) is 26.5 Å². The molecule has 0 aromatic heterocycles. The van der Waals surface area contributed by atoms with Gasteiger partial charge in [0.2, 0.25) is 0 Å². The van der Waals surface area contributed by atoms with Gasteiger partial charge in [-0.25, -0.2) is 0 Å². The van der Waals surface area contributed by atoms with Crippen molar-refractivity contribution in [3.63, 3.8) is 0 Å². The Morgan fingerprint density at radius 2 is 1.81 bits per heavy atom. The number of methoxy groups -OCH3 is 1. The highest BCUT2D eigenvalue weighted by molar-refractivity contribution is 6.06. The highest BCUT2D eigenvalue weighted by Crippen LogP contribution is 2.20. The van der Waals surface area contributed by atoms with Crippen molar-refractivity contribution >= 4 is 11.6 Å². The van der Waals surface area contributed by atoms with Crippen molar-refractivity contribution in [2.75, 3.05) is 12.0 Å². The van der Waals surface area contributed by atoms with E-state index in [9.17, 15) is 4.79 Å². The number of rotatable bonds is 5. The van der Waals surface area contributed by atoms with Gasteiger partial charge in [-0.15, -0.1) is 0 Å². The predicted octanol–water partition coefficient (Wildman–Crippen LogP) is 3.89. The van der Waals surface area contributed by atoms with Crippen LogP contribution in [0.3, 0.4) is 0 Å². The summed E-state index contributed by atoms with van der Waals surface area (Å²) in [5, 5.41) is 0. The summed E-state index contributed by atoms with van der Waals surface area (Å²) < 4.78 is 5.13. The van der Waals surface area contributed by atoms with Gasteiger partial charge < -0.3 is 9.64 Å². The molecule has 110 valence electrons. The molecular formula is C18H21NO2. The fraction of sp³-hybridized carbons (Fsp3) is 0.278. The Kier molecular flexibility index (Phi) is 5.12. The highest BCUT2D eigenvalue weighted by atomic mass is 16.5. The first-order valence-electron chi connectivity index (χ1n) is 7.10. The van der Waals surface area contributed by atoms with Crippen LogP contribution in [-0.2, 0) is 11.3 Å². The minimum absolute atomic E-state index is 0.00848. The maximum absolute atomic E-state index is 12.8. The van der Waals surface area contributed by atoms with E-state index in [2.05, 4.69) is 0 Å². The Morgan fingerprint density at radius 3 is 2.43 bits per heavy atom. The standard InChI is InChI=1S/C18H21NO2/c1-14(2)19(17-10-5-4-6-11-17)18(20)16-9-7-8-15(12-16)13-21-3/h4-12,14H,13H2,1-3H3. The quantitative estimate of drug-likeness (QED) is 0.833. The van der Waals surface area contributed by atoms with Crippen molar-refractivity contribution < 1.29 is 9.53 Å². The van der Waals surface area contributed by atoms with Crippen LogP contribution in [-0.4, -0.2) is 19.1 Å². The van der Waals surface area contributed by atoms with Gasteiger partial charge in [-0.1, -0.05) is 30.3 Å². The number of carbonyl (C=O) groups is 1. The van der Waals surface area contributed by atoms with Gasteiger partial charge in [0.25, 0.3) is 5.91 Å². The molecule has 2 aromatic carbocycles. The van der Waals surface area contributed by atoms with Crippen molar-refractivity contribution in [2.24, 2.45) is 0 Å². The van der Waals surface area contributed by atoms with Gasteiger partial charge in [0.05, 0.1) is 6.61 Å². The molecule has 0 atom stereocenters. The summed E-state index contributed by atoms with van der Waals surface area (Å²) in [7, 11) is 1.65. The second-order valence-corrected chi connectivity index (χ2v) is 5.24. The van der Waals surface area contributed by atoms with Crippen LogP contribution in [0.2, 0.25) is 0 Å². The minimum atomic E-state index is 0.00848. The van der Waals surface area contributed by atoms with Gasteiger partial charge >= 0.3 is 0 Å². The van der Waals surface area contributed by atoms with E-state index < -0.39 is 0 Å². The Balaban J connectivity index is 2.33. The van der Waals surface area contributed by atoms with Crippen molar-refractivity contribution in [1.82, 2.24) is 0 Å². The fourth-order valence-corrected chi connectivity index (χ4v) is 2.34. The van der Waals surface area contributed by atoms with Crippen LogP contribution in [0.4, 0.5) is 5.69 Å². The predicted molar refractivity (Wildman–Crippen MR) is 85.5 cm³/mol. The van der Waals surface area contributed by atoms with Gasteiger partial charge in [-0.3, -0.25) is 4.79 Å². The summed E-state index contributed by atoms with van der Waals surface area (Å²) in [5.74, 6) is 0.00848. The van der Waals surface area contributed by atoms with Crippen LogP contribution < -0.4 is 4.90 Å². The summed E-state index contributed by atoms with van der Waals surface area (Å²) in [6, 6.07) is 17.4. The molecule has 0 unspecified atom stereocenters. The number of para-hydroxylation sites is 1. The summed E-state index contributed by atoms with van der Waals surface area (Å²) in [5.41, 5.74) is 2.59. The molecule has 0 N–H and O–H groups in total. The van der Waals surface area contributed by atoms with Gasteiger partial charge in [-0.2, -0.15) is 0 Å². The third-order valence-corrected chi connectivity index (χ3v) is 3.25. The van der Waals surface area contributed by atoms with E-state index in [-0.39, 0.29) is 11.9 Å². The molecule has 0 aliphatic heterocycles. The molecule has 0 aliphatic carbocycles. The molecule has 0 spiro atoms. The van der Waals surface area contributed by atoms with Crippen LogP contribution in [0, 0.1) is 0 Å². The summed E-state index contributed by atoms with van der Waals surface area (Å²) in [6.07, 6.45) is 0. The summed E-state index contributed by atoms with van der Waals surface area (Å²) >= 11 is 0. The summed E-state index contributed by atoms with van der Waals surface area (Å²) in [4.78, 5) is 14.6. The Labute approximate surface area is 126 Å². The molecule has 2 aromatic rings. The van der Waals surface area contributed by atoms with Crippen molar-refractivity contribution in [3.8, 4) is 0 Å². The Bertz CT molecular complexity index is 593. The smallest absolute Gasteiger partial charge is 0.258 e. The zero-order valence-corrected chi connectivity index (χ0v) is 12.7. The fourth-order valence-electron chi connectivity index (χ4n) is 2.34. The van der Waals surface area contributed by atoms with E-state index in [1.165, 1.54) is 0 Å². The molecule has 0 heterocycles. The molecule has 3 heteroatoms. The van der Waals surface area contributed by atoms with E-state index in [0.717, 1.165) is 11.3 Å². The lowest BCUT2D eigenvalue weighted by atomic mass is 10.1. The van der Waals surface area contributed by atoms with Crippen molar-refractivity contribution in [1.29, 1.82) is 0 Å². The highest BCUT2D eigenvalue weighted by Gasteiger charge is 2.20. The largest absolute Gasteiger partial charge is 0.380 e. The van der Waals surface area contributed by atoms with E-state index in [1.54, 1.807) is 7.11 Å². The molecule has 0 bridgehead atoms. The maximum Gasteiger partial charge on any atom is 0.258 e. The monoisotopic (exact) mass is 283 g/mol. The van der Waals surface area contributed by atoms with E-state index >= 15 is 0 Å². The van der Waals surface area contributed by atoms with Gasteiger partial charge in [-0.05, 0) is 43.7 Å². The molecular weight excluding hydrogens is 262 g/mol. The minimum Gasteiger partial charge on any atom is -0.380 e. The first-order chi connectivity index (χ1) is 10.1. The SMILES string of the molecule is COCc1cccc(C(=O)N(c2ccccc2)C(C)C)c1. The van der Waals surface area contributed by atoms with Gasteiger partial charge in [0.15, 0.2) is 0 Å². The number of nitrogens with zero attached hydrogens (tertiary/aromatic N) is 1. The third kappa shape index (κ3) is 3.70. The molecule has 1 amide bonds. The first kappa shape index (κ1) is 15.3. The second kappa shape index (κ2) is 7.04. The normalized spacial score (nSPS) is 10.7. The van der Waals surface area contributed by atoms with Crippen LogP contribution in [0.25, 0.3) is 0 Å². The lowest BCUT2D eigenvalue weighted by Gasteiger charge is -2.27. The molecule has 0 radical (unpaired) electrons. The lowest BCUT2D eigenvalue weighted by Crippen LogP contribution is -2.37. The van der Waals surface area contributed by atoms with E-state index in [4.69, 9.17) is 4.74 Å². The third-order valence-electron chi connectivity index (χ3n) is 3.25. The molecule has 0 saturated heterocycles. The lowest BCUT2D eigenvalue weighted by molar-refractivity contribution is 0.0980. The van der Waals surface area contributed by atoms with Crippen molar-refractivity contribution in [3.05, 3.63) is 65.7 Å². The number of amides is 1. The first-order valence-corrected chi connectivity index (χ1v) is 7.10. The van der Waals surface area contributed by atoms with Crippen LogP contribution >= 0.6 is 0 Å². The summed E-state index contributed by atoms with van der Waals surface area (Å²) in [6.45, 7) is 4.54. The zero-order valence-electron chi connectivity index (χ0n) is 12.7. The van der Waals surface area contributed by atoms with Crippen LogP contribution in [0.15, 0.2) is 54.6 Å². The zero-order chi connectivity index (χ0) is 15.2. The number of ether oxygens (including phenoxy) is 1. The topological polar surface area (TPSA) is 29.5 Å². The average molecular weight is 283 g/mol. The van der Waals surface area contributed by atoms with Crippen LogP contribution in [0.1, 0.15) is 29.8 Å². The van der Waals surface area contributed by atoms with E-state index in [1.807, 2.05) is 73.3 Å². The molecule has 21 heavy (non-hydrogen) atoms. The number of hydrogen-bond acceptors (Lipinski definition) is 2. The Morgan fingerprint density at radius 1 is 1.10 bits per heavy atom. The number of anilines is 1. The van der Waals surface area contributed by atoms with Crippen LogP contribution in [0.5, 0.6) is 0 Å². The molecule has 0 saturated carbocycles. The molecule has 0 fully saturated rings. The maximum atomic E-state index is 12.8. The Hall–Kier alpha value is -2.13.